The Labute approximate surface area is 106 Å². The van der Waals surface area contributed by atoms with Gasteiger partial charge in [0.1, 0.15) is 0 Å². The smallest absolute Gasteiger partial charge is 0.236 e. The van der Waals surface area contributed by atoms with E-state index < -0.39 is 0 Å². The first kappa shape index (κ1) is 12.6. The van der Waals surface area contributed by atoms with Crippen LogP contribution in [0.1, 0.15) is 12.8 Å². The monoisotopic (exact) mass is 260 g/mol. The molecule has 2 aliphatic heterocycles. The van der Waals surface area contributed by atoms with Crippen molar-refractivity contribution in [2.75, 3.05) is 43.4 Å². The van der Waals surface area contributed by atoms with Crippen molar-refractivity contribution < 1.29 is 4.79 Å². The molecular formula is C11H20N2OS2. The highest BCUT2D eigenvalue weighted by molar-refractivity contribution is 8.06. The minimum absolute atomic E-state index is 0.283. The minimum Gasteiger partial charge on any atom is -0.342 e. The van der Waals surface area contributed by atoms with Gasteiger partial charge in [0.25, 0.3) is 0 Å². The second kappa shape index (κ2) is 6.77. The first-order valence-electron chi connectivity index (χ1n) is 6.04. The van der Waals surface area contributed by atoms with Gasteiger partial charge in [-0.1, -0.05) is 0 Å². The molecule has 2 aliphatic rings. The van der Waals surface area contributed by atoms with Crippen molar-refractivity contribution in [2.24, 2.45) is 0 Å². The predicted molar refractivity (Wildman–Crippen MR) is 72.3 cm³/mol. The third-order valence-electron chi connectivity index (χ3n) is 2.99. The lowest BCUT2D eigenvalue weighted by Crippen LogP contribution is -2.39. The summed E-state index contributed by atoms with van der Waals surface area (Å²) in [7, 11) is 0. The molecule has 3 nitrogen and oxygen atoms in total. The number of hydrogen-bond acceptors (Lipinski definition) is 4. The molecule has 16 heavy (non-hydrogen) atoms. The molecule has 5 heteroatoms. The molecule has 2 rings (SSSR count). The highest BCUT2D eigenvalue weighted by atomic mass is 32.2. The van der Waals surface area contributed by atoms with Gasteiger partial charge in [-0.2, -0.15) is 23.5 Å². The maximum atomic E-state index is 11.7. The molecule has 1 amide bonds. The van der Waals surface area contributed by atoms with Crippen molar-refractivity contribution in [3.05, 3.63) is 0 Å². The summed E-state index contributed by atoms with van der Waals surface area (Å²) in [6, 6.07) is 0. The molecule has 0 aromatic heterocycles. The van der Waals surface area contributed by atoms with Crippen LogP contribution < -0.4 is 5.32 Å². The normalized spacial score (nSPS) is 26.0. The lowest BCUT2D eigenvalue weighted by atomic mass is 10.4. The van der Waals surface area contributed by atoms with E-state index in [9.17, 15) is 4.79 Å². The third kappa shape index (κ3) is 3.86. The third-order valence-corrected chi connectivity index (χ3v) is 5.84. The van der Waals surface area contributed by atoms with Gasteiger partial charge in [-0.3, -0.25) is 4.79 Å². The van der Waals surface area contributed by atoms with Gasteiger partial charge in [-0.15, -0.1) is 0 Å². The van der Waals surface area contributed by atoms with Crippen molar-refractivity contribution in [2.45, 2.75) is 18.1 Å². The van der Waals surface area contributed by atoms with Crippen LogP contribution in [0, 0.1) is 0 Å². The number of hydrogen-bond donors (Lipinski definition) is 1. The largest absolute Gasteiger partial charge is 0.342 e. The van der Waals surface area contributed by atoms with Crippen LogP contribution in [0.5, 0.6) is 0 Å². The van der Waals surface area contributed by atoms with Gasteiger partial charge >= 0.3 is 0 Å². The Morgan fingerprint density at radius 3 is 2.81 bits per heavy atom. The fourth-order valence-corrected chi connectivity index (χ4v) is 4.72. The Morgan fingerprint density at radius 2 is 2.12 bits per heavy atom. The van der Waals surface area contributed by atoms with Crippen LogP contribution in [0.2, 0.25) is 0 Å². The molecule has 1 unspecified atom stereocenters. The molecule has 92 valence electrons. The van der Waals surface area contributed by atoms with Crippen LogP contribution in [0.25, 0.3) is 0 Å². The van der Waals surface area contributed by atoms with E-state index in [1.54, 1.807) is 0 Å². The fraction of sp³-hybridized carbons (Fsp3) is 0.909. The molecule has 2 saturated heterocycles. The second-order valence-corrected chi connectivity index (χ2v) is 6.84. The Balaban J connectivity index is 1.57. The highest BCUT2D eigenvalue weighted by Crippen LogP contribution is 2.23. The number of thioether (sulfide) groups is 2. The summed E-state index contributed by atoms with van der Waals surface area (Å²) >= 11 is 4.07. The molecule has 0 saturated carbocycles. The molecule has 0 aromatic rings. The molecule has 0 bridgehead atoms. The number of nitrogens with zero attached hydrogens (tertiary/aromatic N) is 1. The van der Waals surface area contributed by atoms with Gasteiger partial charge < -0.3 is 10.2 Å². The van der Waals surface area contributed by atoms with E-state index in [1.807, 2.05) is 28.4 Å². The molecular weight excluding hydrogens is 240 g/mol. The van der Waals surface area contributed by atoms with Crippen molar-refractivity contribution >= 4 is 29.4 Å². The van der Waals surface area contributed by atoms with E-state index in [1.165, 1.54) is 30.1 Å². The quantitative estimate of drug-likeness (QED) is 0.819. The van der Waals surface area contributed by atoms with E-state index in [4.69, 9.17) is 0 Å². The fourth-order valence-electron chi connectivity index (χ4n) is 2.07. The molecule has 2 fully saturated rings. The maximum absolute atomic E-state index is 11.7. The Kier molecular flexibility index (Phi) is 5.32. The predicted octanol–water partition coefficient (Wildman–Crippen LogP) is 1.05. The van der Waals surface area contributed by atoms with Gasteiger partial charge in [0, 0.05) is 42.1 Å². The standard InChI is InChI=1S/C11H20N2OS2/c14-11(13-3-1-2-4-13)8-12-7-10-9-15-5-6-16-10/h10,12H,1-9H2. The van der Waals surface area contributed by atoms with Crippen LogP contribution in [0.4, 0.5) is 0 Å². The van der Waals surface area contributed by atoms with E-state index in [0.29, 0.717) is 11.8 Å². The average molecular weight is 260 g/mol. The summed E-state index contributed by atoms with van der Waals surface area (Å²) in [6.45, 7) is 3.45. The number of rotatable bonds is 4. The van der Waals surface area contributed by atoms with Crippen LogP contribution in [-0.2, 0) is 4.79 Å². The zero-order valence-corrected chi connectivity index (χ0v) is 11.2. The van der Waals surface area contributed by atoms with Crippen LogP contribution in [0.15, 0.2) is 0 Å². The summed E-state index contributed by atoms with van der Waals surface area (Å²) in [5.74, 6) is 4.06. The minimum atomic E-state index is 0.283. The number of amides is 1. The lowest BCUT2D eigenvalue weighted by Gasteiger charge is -2.22. The van der Waals surface area contributed by atoms with Gasteiger partial charge in [0.05, 0.1) is 6.54 Å². The van der Waals surface area contributed by atoms with E-state index in [2.05, 4.69) is 5.32 Å². The van der Waals surface area contributed by atoms with Gasteiger partial charge in [0.15, 0.2) is 0 Å². The number of carbonyl (C=O) groups is 1. The Hall–Kier alpha value is 0.130. The zero-order valence-electron chi connectivity index (χ0n) is 9.61. The molecule has 0 aromatic carbocycles. The first-order chi connectivity index (χ1) is 7.86. The SMILES string of the molecule is O=C(CNCC1CSCCS1)N1CCCC1. The summed E-state index contributed by atoms with van der Waals surface area (Å²) < 4.78 is 0. The molecule has 1 atom stereocenters. The van der Waals surface area contributed by atoms with E-state index >= 15 is 0 Å². The van der Waals surface area contributed by atoms with Gasteiger partial charge in [-0.25, -0.2) is 0 Å². The number of nitrogens with one attached hydrogen (secondary N) is 1. The van der Waals surface area contributed by atoms with Crippen molar-refractivity contribution in [3.8, 4) is 0 Å². The lowest BCUT2D eigenvalue weighted by molar-refractivity contribution is -0.129. The van der Waals surface area contributed by atoms with Crippen molar-refractivity contribution in [3.63, 3.8) is 0 Å². The van der Waals surface area contributed by atoms with Crippen LogP contribution in [-0.4, -0.2) is 59.5 Å². The number of likely N-dealkylation sites (tertiary alicyclic amines) is 1. The summed E-state index contributed by atoms with van der Waals surface area (Å²) in [6.07, 6.45) is 2.36. The number of carbonyl (C=O) groups excluding carboxylic acids is 1. The highest BCUT2D eigenvalue weighted by Gasteiger charge is 2.18. The van der Waals surface area contributed by atoms with Crippen molar-refractivity contribution in [1.82, 2.24) is 10.2 Å². The molecule has 1 N–H and O–H groups in total. The van der Waals surface area contributed by atoms with Crippen LogP contribution in [0.3, 0.4) is 0 Å². The Morgan fingerprint density at radius 1 is 1.31 bits per heavy atom. The van der Waals surface area contributed by atoms with Crippen molar-refractivity contribution in [1.29, 1.82) is 0 Å². The van der Waals surface area contributed by atoms with E-state index in [0.717, 1.165) is 19.6 Å². The van der Waals surface area contributed by atoms with Crippen LogP contribution >= 0.6 is 23.5 Å². The summed E-state index contributed by atoms with van der Waals surface area (Å²) in [5, 5.41) is 4.01. The zero-order chi connectivity index (χ0) is 11.2. The Bertz CT molecular complexity index is 226. The molecule has 0 radical (unpaired) electrons. The first-order valence-corrected chi connectivity index (χ1v) is 8.24. The van der Waals surface area contributed by atoms with Gasteiger partial charge in [-0.05, 0) is 12.8 Å². The molecule has 0 aliphatic carbocycles. The summed E-state index contributed by atoms with van der Waals surface area (Å²) in [5.41, 5.74) is 0. The van der Waals surface area contributed by atoms with E-state index in [-0.39, 0.29) is 5.91 Å². The maximum Gasteiger partial charge on any atom is 0.236 e. The summed E-state index contributed by atoms with van der Waals surface area (Å²) in [4.78, 5) is 13.7. The van der Waals surface area contributed by atoms with Gasteiger partial charge in [0.2, 0.25) is 5.91 Å². The topological polar surface area (TPSA) is 32.3 Å². The second-order valence-electron chi connectivity index (χ2n) is 4.29. The average Bonchev–Trinajstić information content (AvgIpc) is 2.84. The molecule has 2 heterocycles. The molecule has 0 spiro atoms.